The molecule has 0 saturated carbocycles. The molecule has 0 aromatic heterocycles. The summed E-state index contributed by atoms with van der Waals surface area (Å²) in [6, 6.07) is 6.17. The van der Waals surface area contributed by atoms with Crippen LogP contribution in [0.2, 0.25) is 0 Å². The van der Waals surface area contributed by atoms with Gasteiger partial charge in [0, 0.05) is 17.7 Å². The molecule has 0 unspecified atom stereocenters. The third-order valence-corrected chi connectivity index (χ3v) is 2.69. The average Bonchev–Trinajstić information content (AvgIpc) is 2.38. The predicted molar refractivity (Wildman–Crippen MR) is 67.1 cm³/mol. The van der Waals surface area contributed by atoms with Crippen molar-refractivity contribution in [2.45, 2.75) is 0 Å². The number of hydrogen-bond acceptors (Lipinski definition) is 4. The summed E-state index contributed by atoms with van der Waals surface area (Å²) in [6.07, 6.45) is 0.515. The predicted octanol–water partition coefficient (Wildman–Crippen LogP) is 2.73. The molecule has 0 aliphatic carbocycles. The molecule has 2 N–H and O–H groups in total. The lowest BCUT2D eigenvalue weighted by atomic mass is 9.98. The third-order valence-electron chi connectivity index (χ3n) is 2.69. The Hall–Kier alpha value is -2.56. The monoisotopic (exact) mass is 262 g/mol. The van der Waals surface area contributed by atoms with E-state index < -0.39 is 5.82 Å². The highest BCUT2D eigenvalue weighted by molar-refractivity contribution is 5.90. The molecule has 0 amide bonds. The van der Waals surface area contributed by atoms with Gasteiger partial charge in [-0.3, -0.25) is 4.79 Å². The van der Waals surface area contributed by atoms with Crippen LogP contribution in [0.15, 0.2) is 30.3 Å². The fraction of sp³-hybridized carbons (Fsp3) is 0.0714. The molecule has 19 heavy (non-hydrogen) atoms. The number of phenols is 2. The molecular weight excluding hydrogens is 251 g/mol. The van der Waals surface area contributed by atoms with Crippen LogP contribution in [0.5, 0.6) is 17.2 Å². The van der Waals surface area contributed by atoms with Crippen molar-refractivity contribution < 1.29 is 24.1 Å². The van der Waals surface area contributed by atoms with Crippen molar-refractivity contribution in [3.05, 3.63) is 41.7 Å². The number of aromatic hydroxyl groups is 2. The van der Waals surface area contributed by atoms with Crippen molar-refractivity contribution in [3.63, 3.8) is 0 Å². The Morgan fingerprint density at radius 1 is 1.16 bits per heavy atom. The number of aldehydes is 1. The molecule has 0 bridgehead atoms. The second-order valence-electron chi connectivity index (χ2n) is 3.89. The van der Waals surface area contributed by atoms with Crippen molar-refractivity contribution in [3.8, 4) is 28.4 Å². The lowest BCUT2D eigenvalue weighted by Gasteiger charge is -2.12. The van der Waals surface area contributed by atoms with Gasteiger partial charge in [-0.05, 0) is 23.8 Å². The van der Waals surface area contributed by atoms with E-state index in [-0.39, 0.29) is 33.9 Å². The van der Waals surface area contributed by atoms with E-state index in [4.69, 9.17) is 4.74 Å². The summed E-state index contributed by atoms with van der Waals surface area (Å²) in [7, 11) is 1.33. The molecule has 2 aromatic carbocycles. The zero-order valence-electron chi connectivity index (χ0n) is 10.1. The zero-order valence-corrected chi connectivity index (χ0v) is 10.1. The number of hydrogen-bond donors (Lipinski definition) is 2. The molecule has 0 aliphatic rings. The Bertz CT molecular complexity index is 638. The Morgan fingerprint density at radius 3 is 2.53 bits per heavy atom. The van der Waals surface area contributed by atoms with Crippen LogP contribution in [0.1, 0.15) is 10.4 Å². The normalized spacial score (nSPS) is 10.2. The second kappa shape index (κ2) is 4.97. The van der Waals surface area contributed by atoms with Gasteiger partial charge in [-0.15, -0.1) is 0 Å². The van der Waals surface area contributed by atoms with Gasteiger partial charge in [0.2, 0.25) is 0 Å². The number of rotatable bonds is 3. The third kappa shape index (κ3) is 2.35. The maximum absolute atomic E-state index is 14.0. The molecule has 0 atom stereocenters. The standard InChI is InChI=1S/C14H11FO4/c1-19-13-6-10(18)5-12(15)14(13)11-3-2-9(17)4-8(11)7-16/h2-7,17-18H,1H3. The van der Waals surface area contributed by atoms with Gasteiger partial charge in [0.1, 0.15) is 23.1 Å². The largest absolute Gasteiger partial charge is 0.508 e. The van der Waals surface area contributed by atoms with Gasteiger partial charge < -0.3 is 14.9 Å². The number of phenolic OH excluding ortho intramolecular Hbond substituents is 2. The van der Waals surface area contributed by atoms with Crippen LogP contribution in [-0.2, 0) is 0 Å². The molecule has 0 radical (unpaired) electrons. The minimum atomic E-state index is -0.717. The molecule has 0 spiro atoms. The van der Waals surface area contributed by atoms with E-state index in [2.05, 4.69) is 0 Å². The minimum absolute atomic E-state index is 0.0578. The molecule has 4 nitrogen and oxygen atoms in total. The maximum atomic E-state index is 14.0. The van der Waals surface area contributed by atoms with Gasteiger partial charge in [0.15, 0.2) is 6.29 Å². The highest BCUT2D eigenvalue weighted by Gasteiger charge is 2.17. The zero-order chi connectivity index (χ0) is 14.0. The van der Waals surface area contributed by atoms with E-state index in [0.29, 0.717) is 6.29 Å². The molecule has 2 rings (SSSR count). The SMILES string of the molecule is COc1cc(O)cc(F)c1-c1ccc(O)cc1C=O. The highest BCUT2D eigenvalue weighted by atomic mass is 19.1. The lowest BCUT2D eigenvalue weighted by molar-refractivity contribution is 0.112. The highest BCUT2D eigenvalue weighted by Crippen LogP contribution is 2.37. The number of ether oxygens (including phenoxy) is 1. The molecule has 5 heteroatoms. The number of methoxy groups -OCH3 is 1. The summed E-state index contributed by atoms with van der Waals surface area (Å²) < 4.78 is 19.0. The van der Waals surface area contributed by atoms with Crippen LogP contribution in [0.25, 0.3) is 11.1 Å². The van der Waals surface area contributed by atoms with E-state index in [1.165, 1.54) is 31.4 Å². The molecule has 0 heterocycles. The summed E-state index contributed by atoms with van der Waals surface area (Å²) in [4.78, 5) is 11.0. The Balaban J connectivity index is 2.75. The summed E-state index contributed by atoms with van der Waals surface area (Å²) >= 11 is 0. The number of carbonyl (C=O) groups excluding carboxylic acids is 1. The summed E-state index contributed by atoms with van der Waals surface area (Å²) in [5.41, 5.74) is 0.465. The van der Waals surface area contributed by atoms with E-state index in [1.807, 2.05) is 0 Å². The summed E-state index contributed by atoms with van der Waals surface area (Å²) in [5.74, 6) is -0.981. The summed E-state index contributed by atoms with van der Waals surface area (Å²) in [5, 5.41) is 18.7. The van der Waals surface area contributed by atoms with Crippen molar-refractivity contribution in [2.24, 2.45) is 0 Å². The Morgan fingerprint density at radius 2 is 1.89 bits per heavy atom. The first-order chi connectivity index (χ1) is 9.06. The van der Waals surface area contributed by atoms with E-state index in [0.717, 1.165) is 6.07 Å². The van der Waals surface area contributed by atoms with Crippen LogP contribution in [0, 0.1) is 5.82 Å². The Kier molecular flexibility index (Phi) is 3.37. The average molecular weight is 262 g/mol. The van der Waals surface area contributed by atoms with Crippen molar-refractivity contribution in [1.29, 1.82) is 0 Å². The molecule has 0 aliphatic heterocycles. The minimum Gasteiger partial charge on any atom is -0.508 e. The van der Waals surface area contributed by atoms with Crippen LogP contribution in [-0.4, -0.2) is 23.6 Å². The first kappa shape index (κ1) is 12.9. The van der Waals surface area contributed by atoms with E-state index >= 15 is 0 Å². The number of benzene rings is 2. The molecule has 2 aromatic rings. The van der Waals surface area contributed by atoms with Gasteiger partial charge >= 0.3 is 0 Å². The number of carbonyl (C=O) groups is 1. The van der Waals surface area contributed by atoms with Crippen molar-refractivity contribution >= 4 is 6.29 Å². The van der Waals surface area contributed by atoms with Crippen LogP contribution >= 0.6 is 0 Å². The quantitative estimate of drug-likeness (QED) is 0.834. The molecular formula is C14H11FO4. The topological polar surface area (TPSA) is 66.8 Å². The molecule has 0 fully saturated rings. The first-order valence-corrected chi connectivity index (χ1v) is 5.42. The summed E-state index contributed by atoms with van der Waals surface area (Å²) in [6.45, 7) is 0. The van der Waals surface area contributed by atoms with Crippen LogP contribution < -0.4 is 4.74 Å². The van der Waals surface area contributed by atoms with Gasteiger partial charge in [-0.25, -0.2) is 4.39 Å². The molecule has 98 valence electrons. The smallest absolute Gasteiger partial charge is 0.150 e. The lowest BCUT2D eigenvalue weighted by Crippen LogP contribution is -1.95. The van der Waals surface area contributed by atoms with Gasteiger partial charge in [0.25, 0.3) is 0 Å². The fourth-order valence-electron chi connectivity index (χ4n) is 1.87. The van der Waals surface area contributed by atoms with Gasteiger partial charge in [-0.2, -0.15) is 0 Å². The van der Waals surface area contributed by atoms with Crippen molar-refractivity contribution in [1.82, 2.24) is 0 Å². The maximum Gasteiger partial charge on any atom is 0.150 e. The number of halogens is 1. The Labute approximate surface area is 108 Å². The van der Waals surface area contributed by atoms with E-state index in [9.17, 15) is 19.4 Å². The first-order valence-electron chi connectivity index (χ1n) is 5.42. The van der Waals surface area contributed by atoms with Crippen molar-refractivity contribution in [2.75, 3.05) is 7.11 Å². The second-order valence-corrected chi connectivity index (χ2v) is 3.89. The van der Waals surface area contributed by atoms with Gasteiger partial charge in [-0.1, -0.05) is 0 Å². The fourth-order valence-corrected chi connectivity index (χ4v) is 1.87. The molecule has 0 saturated heterocycles. The van der Waals surface area contributed by atoms with Crippen LogP contribution in [0.3, 0.4) is 0 Å². The van der Waals surface area contributed by atoms with Crippen LogP contribution in [0.4, 0.5) is 4.39 Å². The van der Waals surface area contributed by atoms with E-state index in [1.54, 1.807) is 0 Å². The van der Waals surface area contributed by atoms with Gasteiger partial charge in [0.05, 0.1) is 12.7 Å².